The molecule has 0 atom stereocenters. The van der Waals surface area contributed by atoms with Crippen molar-refractivity contribution < 1.29 is 0 Å². The van der Waals surface area contributed by atoms with Gasteiger partial charge in [-0.25, -0.2) is 15.0 Å². The highest BCUT2D eigenvalue weighted by Gasteiger charge is 2.23. The van der Waals surface area contributed by atoms with Crippen LogP contribution < -0.4 is 0 Å². The predicted molar refractivity (Wildman–Crippen MR) is 259 cm³/mol. The number of fused-ring (bicyclic) bond motifs is 10. The maximum atomic E-state index is 5.23. The number of nitrogens with zero attached hydrogens (tertiary/aromatic N) is 6. The zero-order chi connectivity index (χ0) is 41.4. The second-order valence-corrected chi connectivity index (χ2v) is 16.0. The van der Waals surface area contributed by atoms with Gasteiger partial charge in [-0.1, -0.05) is 152 Å². The summed E-state index contributed by atoms with van der Waals surface area (Å²) in [6, 6.07) is 77.3. The van der Waals surface area contributed by atoms with Crippen LogP contribution in [0.15, 0.2) is 218 Å². The molecule has 4 heterocycles. The Balaban J connectivity index is 1.12. The van der Waals surface area contributed by atoms with E-state index in [1.54, 1.807) is 0 Å². The third kappa shape index (κ3) is 5.41. The third-order valence-corrected chi connectivity index (χ3v) is 12.5. The minimum absolute atomic E-state index is 0.624. The highest BCUT2D eigenvalue weighted by molar-refractivity contribution is 6.26. The van der Waals surface area contributed by atoms with E-state index >= 15 is 0 Å². The number of rotatable bonds is 6. The van der Waals surface area contributed by atoms with Crippen molar-refractivity contribution in [3.8, 4) is 51.2 Å². The Morgan fingerprint density at radius 3 is 1.41 bits per heavy atom. The molecular weight excluding hydrogens is 769 g/mol. The molecule has 0 radical (unpaired) electrons. The van der Waals surface area contributed by atoms with Gasteiger partial charge >= 0.3 is 0 Å². The molecule has 0 unspecified atom stereocenters. The number of aromatic nitrogens is 6. The first-order valence-electron chi connectivity index (χ1n) is 21.3. The highest BCUT2D eigenvalue weighted by atomic mass is 15.0. The summed E-state index contributed by atoms with van der Waals surface area (Å²) in [5.74, 6) is 1.89. The molecule has 0 aliphatic rings. The van der Waals surface area contributed by atoms with Crippen molar-refractivity contribution in [3.05, 3.63) is 218 Å². The standard InChI is InChI=1S/C57H36N6/c1-5-18-37(19-6-1)55-58-56(38-20-7-2-8-21-38)60-57(59-55)45-28-17-31-50-52(45)46-36-41(32-34-49(46)61(50)39-22-9-3-10-23-39)62-48-30-16-14-27-44(48)53-51(62)35-33-43-42-26-13-15-29-47(42)63(54(43)53)40-24-11-4-12-25-40/h1-36H. The Hall–Kier alpha value is -8.61. The van der Waals surface area contributed by atoms with E-state index in [0.717, 1.165) is 66.6 Å². The van der Waals surface area contributed by atoms with Gasteiger partial charge in [-0.05, 0) is 66.7 Å². The minimum Gasteiger partial charge on any atom is -0.309 e. The average Bonchev–Trinajstić information content (AvgIpc) is 4.00. The Morgan fingerprint density at radius 2 is 0.746 bits per heavy atom. The van der Waals surface area contributed by atoms with Gasteiger partial charge in [0.05, 0.1) is 33.1 Å². The molecule has 6 nitrogen and oxygen atoms in total. The van der Waals surface area contributed by atoms with Crippen molar-refractivity contribution in [2.24, 2.45) is 0 Å². The summed E-state index contributed by atoms with van der Waals surface area (Å²) in [5.41, 5.74) is 13.0. The van der Waals surface area contributed by atoms with Crippen LogP contribution in [0.1, 0.15) is 0 Å². The van der Waals surface area contributed by atoms with Gasteiger partial charge in [-0.2, -0.15) is 0 Å². The van der Waals surface area contributed by atoms with Gasteiger partial charge in [-0.15, -0.1) is 0 Å². The van der Waals surface area contributed by atoms with Gasteiger partial charge in [0.15, 0.2) is 17.5 Å². The molecule has 0 fully saturated rings. The summed E-state index contributed by atoms with van der Waals surface area (Å²) in [6.07, 6.45) is 0. The first-order valence-corrected chi connectivity index (χ1v) is 21.3. The van der Waals surface area contributed by atoms with Crippen molar-refractivity contribution in [3.63, 3.8) is 0 Å². The minimum atomic E-state index is 0.624. The van der Waals surface area contributed by atoms with Crippen molar-refractivity contribution in [1.82, 2.24) is 28.7 Å². The van der Waals surface area contributed by atoms with Crippen LogP contribution in [0.25, 0.3) is 117 Å². The summed E-state index contributed by atoms with van der Waals surface area (Å²) < 4.78 is 7.24. The molecule has 294 valence electrons. The molecule has 0 spiro atoms. The first kappa shape index (κ1) is 35.2. The van der Waals surface area contributed by atoms with E-state index in [1.165, 1.54) is 32.6 Å². The molecule has 63 heavy (non-hydrogen) atoms. The fraction of sp³-hybridized carbons (Fsp3) is 0. The summed E-state index contributed by atoms with van der Waals surface area (Å²) in [5, 5.41) is 7.09. The number of hydrogen-bond donors (Lipinski definition) is 0. The molecule has 6 heteroatoms. The summed E-state index contributed by atoms with van der Waals surface area (Å²) >= 11 is 0. The number of para-hydroxylation sites is 4. The lowest BCUT2D eigenvalue weighted by atomic mass is 10.0. The quantitative estimate of drug-likeness (QED) is 0.168. The van der Waals surface area contributed by atoms with E-state index in [9.17, 15) is 0 Å². The lowest BCUT2D eigenvalue weighted by Gasteiger charge is -2.11. The lowest BCUT2D eigenvalue weighted by Crippen LogP contribution is -2.00. The average molecular weight is 805 g/mol. The largest absolute Gasteiger partial charge is 0.309 e. The van der Waals surface area contributed by atoms with Gasteiger partial charge in [0.1, 0.15) is 0 Å². The maximum Gasteiger partial charge on any atom is 0.164 e. The molecule has 9 aromatic carbocycles. The van der Waals surface area contributed by atoms with Crippen molar-refractivity contribution >= 4 is 65.4 Å². The van der Waals surface area contributed by atoms with Crippen LogP contribution in [0.4, 0.5) is 0 Å². The van der Waals surface area contributed by atoms with E-state index < -0.39 is 0 Å². The summed E-state index contributed by atoms with van der Waals surface area (Å²) in [7, 11) is 0. The van der Waals surface area contributed by atoms with Crippen LogP contribution >= 0.6 is 0 Å². The second kappa shape index (κ2) is 14.0. The van der Waals surface area contributed by atoms with E-state index in [2.05, 4.69) is 196 Å². The monoisotopic (exact) mass is 804 g/mol. The van der Waals surface area contributed by atoms with Gasteiger partial charge in [-0.3, -0.25) is 0 Å². The molecular formula is C57H36N6. The lowest BCUT2D eigenvalue weighted by molar-refractivity contribution is 1.08. The Morgan fingerprint density at radius 1 is 0.270 bits per heavy atom. The topological polar surface area (TPSA) is 53.5 Å². The van der Waals surface area contributed by atoms with Crippen molar-refractivity contribution in [2.45, 2.75) is 0 Å². The molecule has 0 aliphatic heterocycles. The number of benzene rings is 9. The highest BCUT2D eigenvalue weighted by Crippen LogP contribution is 2.44. The van der Waals surface area contributed by atoms with Crippen LogP contribution in [0.2, 0.25) is 0 Å². The zero-order valence-corrected chi connectivity index (χ0v) is 34.0. The molecule has 0 saturated heterocycles. The van der Waals surface area contributed by atoms with Crippen LogP contribution in [-0.2, 0) is 0 Å². The smallest absolute Gasteiger partial charge is 0.164 e. The SMILES string of the molecule is c1ccc(-c2nc(-c3ccccc3)nc(-c3cccc4c3c3cc(-n5c6ccccc6c6c5ccc5c7ccccc7n(-c7ccccc7)c56)ccc3n4-c3ccccc3)n2)cc1. The van der Waals surface area contributed by atoms with Crippen LogP contribution in [0.3, 0.4) is 0 Å². The molecule has 4 aromatic heterocycles. The summed E-state index contributed by atoms with van der Waals surface area (Å²) in [4.78, 5) is 15.5. The van der Waals surface area contributed by atoms with E-state index in [0.29, 0.717) is 17.5 Å². The molecule has 0 N–H and O–H groups in total. The Kier molecular flexibility index (Phi) is 7.80. The fourth-order valence-corrected chi connectivity index (χ4v) is 9.80. The molecule has 0 amide bonds. The van der Waals surface area contributed by atoms with E-state index in [1.807, 2.05) is 36.4 Å². The first-order chi connectivity index (χ1) is 31.3. The van der Waals surface area contributed by atoms with Crippen molar-refractivity contribution in [2.75, 3.05) is 0 Å². The summed E-state index contributed by atoms with van der Waals surface area (Å²) in [6.45, 7) is 0. The van der Waals surface area contributed by atoms with Crippen molar-refractivity contribution in [1.29, 1.82) is 0 Å². The third-order valence-electron chi connectivity index (χ3n) is 12.5. The van der Waals surface area contributed by atoms with Gasteiger partial charge < -0.3 is 13.7 Å². The van der Waals surface area contributed by atoms with Gasteiger partial charge in [0.2, 0.25) is 0 Å². The molecule has 0 saturated carbocycles. The molecule has 13 aromatic rings. The van der Waals surface area contributed by atoms with Crippen LogP contribution in [-0.4, -0.2) is 28.7 Å². The van der Waals surface area contributed by atoms with Gasteiger partial charge in [0.25, 0.3) is 0 Å². The zero-order valence-electron chi connectivity index (χ0n) is 34.0. The van der Waals surface area contributed by atoms with E-state index in [4.69, 9.17) is 15.0 Å². The predicted octanol–water partition coefficient (Wildman–Crippen LogP) is 14.2. The maximum absolute atomic E-state index is 5.23. The van der Waals surface area contributed by atoms with Gasteiger partial charge in [0, 0.05) is 66.1 Å². The Labute approximate surface area is 362 Å². The van der Waals surface area contributed by atoms with E-state index in [-0.39, 0.29) is 0 Å². The van der Waals surface area contributed by atoms with Crippen LogP contribution in [0, 0.1) is 0 Å². The molecule has 0 aliphatic carbocycles. The Bertz CT molecular complexity index is 3830. The van der Waals surface area contributed by atoms with Crippen LogP contribution in [0.5, 0.6) is 0 Å². The second-order valence-electron chi connectivity index (χ2n) is 16.0. The number of hydrogen-bond acceptors (Lipinski definition) is 3. The molecule has 0 bridgehead atoms. The normalized spacial score (nSPS) is 11.8. The molecule has 13 rings (SSSR count). The fourth-order valence-electron chi connectivity index (χ4n) is 9.80.